The van der Waals surface area contributed by atoms with Crippen molar-refractivity contribution in [2.45, 2.75) is 39.0 Å². The molecule has 2 nitrogen and oxygen atoms in total. The van der Waals surface area contributed by atoms with E-state index in [0.29, 0.717) is 0 Å². The van der Waals surface area contributed by atoms with Gasteiger partial charge in [-0.2, -0.15) is 0 Å². The van der Waals surface area contributed by atoms with Crippen LogP contribution in [0, 0.1) is 0 Å². The minimum atomic E-state index is 0.285. The normalized spacial score (nSPS) is 12.2. The molecule has 2 aromatic rings. The van der Waals surface area contributed by atoms with Gasteiger partial charge in [0, 0.05) is 18.6 Å². The second-order valence-corrected chi connectivity index (χ2v) is 4.38. The fourth-order valence-electron chi connectivity index (χ4n) is 1.94. The molecule has 0 atom stereocenters. The van der Waals surface area contributed by atoms with E-state index in [1.807, 2.05) is 12.4 Å². The monoisotopic (exact) mass is 202 g/mol. The largest absolute Gasteiger partial charge is 0.307 e. The highest BCUT2D eigenvalue weighted by atomic mass is 15.0. The van der Waals surface area contributed by atoms with Crippen LogP contribution in [0.4, 0.5) is 0 Å². The van der Waals surface area contributed by atoms with Gasteiger partial charge in [0.2, 0.25) is 0 Å². The average molecular weight is 202 g/mol. The fraction of sp³-hybridized carbons (Fsp3) is 0.462. The van der Waals surface area contributed by atoms with E-state index in [4.69, 9.17) is 0 Å². The van der Waals surface area contributed by atoms with Crippen molar-refractivity contribution in [1.82, 2.24) is 9.38 Å². The number of nitrogens with zero attached hydrogens (tertiary/aromatic N) is 2. The third kappa shape index (κ3) is 1.65. The summed E-state index contributed by atoms with van der Waals surface area (Å²) in [5, 5.41) is 0. The van der Waals surface area contributed by atoms with Gasteiger partial charge in [0.05, 0.1) is 0 Å². The number of imidazole rings is 1. The first-order valence-electron chi connectivity index (χ1n) is 5.63. The molecule has 0 radical (unpaired) electrons. The molecule has 0 aliphatic carbocycles. The predicted molar refractivity (Wildman–Crippen MR) is 63.1 cm³/mol. The lowest BCUT2D eigenvalue weighted by Gasteiger charge is -2.27. The molecule has 0 aromatic carbocycles. The van der Waals surface area contributed by atoms with Gasteiger partial charge >= 0.3 is 0 Å². The number of fused-ring (bicyclic) bond motifs is 1. The summed E-state index contributed by atoms with van der Waals surface area (Å²) in [5.41, 5.74) is 2.72. The number of pyridine rings is 1. The van der Waals surface area contributed by atoms with E-state index in [1.54, 1.807) is 0 Å². The maximum absolute atomic E-state index is 4.32. The zero-order valence-corrected chi connectivity index (χ0v) is 9.70. The van der Waals surface area contributed by atoms with E-state index in [1.165, 1.54) is 18.4 Å². The van der Waals surface area contributed by atoms with Gasteiger partial charge in [0.15, 0.2) is 0 Å². The van der Waals surface area contributed by atoms with Gasteiger partial charge < -0.3 is 4.40 Å². The summed E-state index contributed by atoms with van der Waals surface area (Å²) in [7, 11) is 0. The van der Waals surface area contributed by atoms with Crippen LogP contribution in [0.15, 0.2) is 30.7 Å². The first-order valence-corrected chi connectivity index (χ1v) is 5.63. The van der Waals surface area contributed by atoms with Gasteiger partial charge in [-0.15, -0.1) is 0 Å². The Bertz CT molecular complexity index is 452. The molecule has 0 spiro atoms. The highest BCUT2D eigenvalue weighted by Crippen LogP contribution is 2.31. The first kappa shape index (κ1) is 10.2. The summed E-state index contributed by atoms with van der Waals surface area (Å²) in [6, 6.07) is 4.41. The Balaban J connectivity index is 2.51. The van der Waals surface area contributed by atoms with Gasteiger partial charge in [-0.25, -0.2) is 4.98 Å². The Labute approximate surface area is 91.0 Å². The molecule has 0 amide bonds. The summed E-state index contributed by atoms with van der Waals surface area (Å²) in [6.45, 7) is 6.82. The van der Waals surface area contributed by atoms with E-state index in [-0.39, 0.29) is 5.41 Å². The molecule has 0 bridgehead atoms. The summed E-state index contributed by atoms with van der Waals surface area (Å²) in [6.07, 6.45) is 8.25. The van der Waals surface area contributed by atoms with Crippen LogP contribution < -0.4 is 0 Å². The van der Waals surface area contributed by atoms with Crippen molar-refractivity contribution >= 4 is 5.65 Å². The Morgan fingerprint density at radius 2 is 2.00 bits per heavy atom. The third-order valence-electron chi connectivity index (χ3n) is 3.66. The second kappa shape index (κ2) is 3.69. The number of aromatic nitrogens is 2. The lowest BCUT2D eigenvalue weighted by Crippen LogP contribution is -2.19. The van der Waals surface area contributed by atoms with Crippen molar-refractivity contribution in [2.24, 2.45) is 0 Å². The van der Waals surface area contributed by atoms with Gasteiger partial charge in [-0.1, -0.05) is 20.8 Å². The number of hydrogen-bond acceptors (Lipinski definition) is 1. The van der Waals surface area contributed by atoms with Crippen molar-refractivity contribution < 1.29 is 0 Å². The molecule has 2 heteroatoms. The van der Waals surface area contributed by atoms with E-state index in [0.717, 1.165) is 5.65 Å². The number of rotatable bonds is 3. The Morgan fingerprint density at radius 1 is 1.27 bits per heavy atom. The van der Waals surface area contributed by atoms with E-state index >= 15 is 0 Å². The van der Waals surface area contributed by atoms with Crippen LogP contribution in [0.5, 0.6) is 0 Å². The summed E-state index contributed by atoms with van der Waals surface area (Å²) >= 11 is 0. The zero-order chi connectivity index (χ0) is 10.9. The van der Waals surface area contributed by atoms with Crippen molar-refractivity contribution in [3.05, 3.63) is 36.3 Å². The summed E-state index contributed by atoms with van der Waals surface area (Å²) in [4.78, 5) is 4.32. The Kier molecular flexibility index (Phi) is 2.51. The SMILES string of the molecule is CCC(C)(CC)c1ccn2ccnc2c1. The van der Waals surface area contributed by atoms with Crippen LogP contribution in [-0.4, -0.2) is 9.38 Å². The molecule has 0 saturated heterocycles. The first-order chi connectivity index (χ1) is 7.19. The van der Waals surface area contributed by atoms with E-state index in [9.17, 15) is 0 Å². The van der Waals surface area contributed by atoms with Crippen LogP contribution in [0.25, 0.3) is 5.65 Å². The van der Waals surface area contributed by atoms with Crippen molar-refractivity contribution in [2.75, 3.05) is 0 Å². The second-order valence-electron chi connectivity index (χ2n) is 4.38. The molecule has 2 rings (SSSR count). The quantitative estimate of drug-likeness (QED) is 0.745. The lowest BCUT2D eigenvalue weighted by molar-refractivity contribution is 0.439. The molecule has 0 unspecified atom stereocenters. The third-order valence-corrected chi connectivity index (χ3v) is 3.66. The highest BCUT2D eigenvalue weighted by molar-refractivity contribution is 5.43. The smallest absolute Gasteiger partial charge is 0.136 e. The number of hydrogen-bond donors (Lipinski definition) is 0. The van der Waals surface area contributed by atoms with Gasteiger partial charge in [-0.3, -0.25) is 0 Å². The molecule has 0 saturated carbocycles. The lowest BCUT2D eigenvalue weighted by atomic mass is 9.78. The van der Waals surface area contributed by atoms with Gasteiger partial charge in [0.1, 0.15) is 5.65 Å². The molecule has 2 heterocycles. The Hall–Kier alpha value is -1.31. The molecule has 0 N–H and O–H groups in total. The molecule has 0 fully saturated rings. The van der Waals surface area contributed by atoms with Crippen LogP contribution in [0.2, 0.25) is 0 Å². The van der Waals surface area contributed by atoms with E-state index < -0.39 is 0 Å². The van der Waals surface area contributed by atoms with Crippen LogP contribution in [0.1, 0.15) is 39.2 Å². The molecule has 80 valence electrons. The van der Waals surface area contributed by atoms with Crippen LogP contribution >= 0.6 is 0 Å². The highest BCUT2D eigenvalue weighted by Gasteiger charge is 2.22. The minimum Gasteiger partial charge on any atom is -0.307 e. The molecule has 0 aliphatic rings. The topological polar surface area (TPSA) is 17.3 Å². The van der Waals surface area contributed by atoms with E-state index in [2.05, 4.69) is 48.5 Å². The predicted octanol–water partition coefficient (Wildman–Crippen LogP) is 3.41. The van der Waals surface area contributed by atoms with Gasteiger partial charge in [-0.05, 0) is 36.0 Å². The molecular weight excluding hydrogens is 184 g/mol. The van der Waals surface area contributed by atoms with Crippen molar-refractivity contribution in [3.8, 4) is 0 Å². The maximum Gasteiger partial charge on any atom is 0.136 e. The molecule has 0 aliphatic heterocycles. The van der Waals surface area contributed by atoms with Gasteiger partial charge in [0.25, 0.3) is 0 Å². The van der Waals surface area contributed by atoms with Crippen LogP contribution in [-0.2, 0) is 5.41 Å². The standard InChI is InChI=1S/C13H18N2/c1-4-13(3,5-2)11-6-8-15-9-7-14-12(15)10-11/h6-10H,4-5H2,1-3H3. The summed E-state index contributed by atoms with van der Waals surface area (Å²) in [5.74, 6) is 0. The molecule has 2 aromatic heterocycles. The molecular formula is C13H18N2. The summed E-state index contributed by atoms with van der Waals surface area (Å²) < 4.78 is 2.05. The average Bonchev–Trinajstić information content (AvgIpc) is 2.74. The zero-order valence-electron chi connectivity index (χ0n) is 9.70. The fourth-order valence-corrected chi connectivity index (χ4v) is 1.94. The Morgan fingerprint density at radius 3 is 2.67 bits per heavy atom. The minimum absolute atomic E-state index is 0.285. The molecule has 15 heavy (non-hydrogen) atoms. The maximum atomic E-state index is 4.32. The van der Waals surface area contributed by atoms with Crippen molar-refractivity contribution in [1.29, 1.82) is 0 Å². The van der Waals surface area contributed by atoms with Crippen LogP contribution in [0.3, 0.4) is 0 Å². The van der Waals surface area contributed by atoms with Crippen molar-refractivity contribution in [3.63, 3.8) is 0 Å².